The van der Waals surface area contributed by atoms with Gasteiger partial charge in [-0.3, -0.25) is 0 Å². The van der Waals surface area contributed by atoms with Gasteiger partial charge in [0.2, 0.25) is 0 Å². The summed E-state index contributed by atoms with van der Waals surface area (Å²) in [6.07, 6.45) is 24.3. The van der Waals surface area contributed by atoms with Gasteiger partial charge in [0.05, 0.1) is 0 Å². The lowest BCUT2D eigenvalue weighted by Crippen LogP contribution is -1.95. The lowest BCUT2D eigenvalue weighted by atomic mass is 9.92. The maximum absolute atomic E-state index is 6.09. The van der Waals surface area contributed by atoms with Crippen molar-refractivity contribution in [2.24, 2.45) is 0 Å². The van der Waals surface area contributed by atoms with Crippen molar-refractivity contribution in [3.8, 4) is 0 Å². The zero-order chi connectivity index (χ0) is 22.2. The smallest absolute Gasteiger partial charge is 0.0393 e. The van der Waals surface area contributed by atoms with Crippen LogP contribution in [0.1, 0.15) is 134 Å². The number of anilines is 1. The van der Waals surface area contributed by atoms with Crippen molar-refractivity contribution in [2.75, 3.05) is 5.73 Å². The monoisotopic (exact) mass is 423 g/mol. The fourth-order valence-electron chi connectivity index (χ4n) is 4.80. The van der Waals surface area contributed by atoms with Crippen molar-refractivity contribution < 1.29 is 0 Å². The number of rotatable bonds is 18. The van der Waals surface area contributed by atoms with Crippen LogP contribution in [0.3, 0.4) is 0 Å². The van der Waals surface area contributed by atoms with Crippen LogP contribution in [0.5, 0.6) is 0 Å². The first-order chi connectivity index (χ1) is 15.2. The van der Waals surface area contributed by atoms with E-state index in [1.54, 1.807) is 0 Å². The van der Waals surface area contributed by atoms with E-state index in [1.165, 1.54) is 125 Å². The molecule has 0 radical (unpaired) electrons. The first-order valence-electron chi connectivity index (χ1n) is 13.5. The predicted molar refractivity (Wildman–Crippen MR) is 141 cm³/mol. The summed E-state index contributed by atoms with van der Waals surface area (Å²) in [5, 5.41) is 2.46. The van der Waals surface area contributed by atoms with E-state index in [4.69, 9.17) is 5.73 Å². The second-order valence-electron chi connectivity index (χ2n) is 9.82. The molecule has 174 valence electrons. The summed E-state index contributed by atoms with van der Waals surface area (Å²) in [6.45, 7) is 4.67. The molecule has 1 nitrogen and oxygen atoms in total. The number of fused-ring (bicyclic) bond motifs is 1. The number of benzene rings is 2. The van der Waals surface area contributed by atoms with Gasteiger partial charge in [-0.2, -0.15) is 0 Å². The standard InChI is InChI=1S/C30H49N/c1-3-4-5-6-7-8-9-10-11-12-13-14-15-16-17-18-20-26(2)27-23-24-29-28(25-27)21-19-22-30(29)31/h19,21-26H,3-18,20,31H2,1-2H3. The molecule has 0 aliphatic carbocycles. The molecule has 0 spiro atoms. The first-order valence-corrected chi connectivity index (χ1v) is 13.5. The Kier molecular flexibility index (Phi) is 13.4. The summed E-state index contributed by atoms with van der Waals surface area (Å²) in [6, 6.07) is 13.0. The van der Waals surface area contributed by atoms with Crippen LogP contribution in [0.4, 0.5) is 5.69 Å². The van der Waals surface area contributed by atoms with Crippen LogP contribution in [0.15, 0.2) is 36.4 Å². The fourth-order valence-corrected chi connectivity index (χ4v) is 4.80. The number of hydrogen-bond acceptors (Lipinski definition) is 1. The van der Waals surface area contributed by atoms with Gasteiger partial charge < -0.3 is 5.73 Å². The van der Waals surface area contributed by atoms with Crippen LogP contribution < -0.4 is 5.73 Å². The number of nitrogens with two attached hydrogens (primary N) is 1. The lowest BCUT2D eigenvalue weighted by molar-refractivity contribution is 0.521. The number of hydrogen-bond donors (Lipinski definition) is 1. The van der Waals surface area contributed by atoms with Gasteiger partial charge in [-0.15, -0.1) is 0 Å². The maximum atomic E-state index is 6.09. The van der Waals surface area contributed by atoms with Crippen molar-refractivity contribution >= 4 is 16.5 Å². The second kappa shape index (κ2) is 16.2. The Morgan fingerprint density at radius 3 is 1.71 bits per heavy atom. The molecule has 0 amide bonds. The zero-order valence-electron chi connectivity index (χ0n) is 20.6. The van der Waals surface area contributed by atoms with E-state index < -0.39 is 0 Å². The lowest BCUT2D eigenvalue weighted by Gasteiger charge is -2.13. The summed E-state index contributed by atoms with van der Waals surface area (Å²) in [5.41, 5.74) is 8.43. The third-order valence-corrected chi connectivity index (χ3v) is 7.00. The van der Waals surface area contributed by atoms with Gasteiger partial charge in [0.15, 0.2) is 0 Å². The van der Waals surface area contributed by atoms with Crippen molar-refractivity contribution in [1.29, 1.82) is 0 Å². The molecule has 1 unspecified atom stereocenters. The molecule has 1 heteroatoms. The van der Waals surface area contributed by atoms with E-state index in [2.05, 4.69) is 44.2 Å². The molecule has 0 fully saturated rings. The molecule has 2 aromatic rings. The van der Waals surface area contributed by atoms with E-state index >= 15 is 0 Å². The van der Waals surface area contributed by atoms with Crippen LogP contribution in [-0.2, 0) is 0 Å². The highest BCUT2D eigenvalue weighted by Gasteiger charge is 2.07. The van der Waals surface area contributed by atoms with Crippen molar-refractivity contribution in [3.63, 3.8) is 0 Å². The van der Waals surface area contributed by atoms with Crippen LogP contribution >= 0.6 is 0 Å². The Morgan fingerprint density at radius 1 is 0.645 bits per heavy atom. The SMILES string of the molecule is CCCCCCCCCCCCCCCCCCC(C)c1ccc2c(N)cccc2c1. The second-order valence-corrected chi connectivity index (χ2v) is 9.82. The van der Waals surface area contributed by atoms with Crippen LogP contribution in [0.25, 0.3) is 10.8 Å². The third kappa shape index (κ3) is 10.6. The minimum absolute atomic E-state index is 0.637. The molecule has 0 aliphatic heterocycles. The predicted octanol–water partition coefficient (Wildman–Crippen LogP) is 10.2. The Labute approximate surface area is 193 Å². The normalized spacial score (nSPS) is 12.5. The topological polar surface area (TPSA) is 26.0 Å². The first kappa shape index (κ1) is 25.8. The Hall–Kier alpha value is -1.50. The molecule has 0 aliphatic rings. The molecule has 0 aromatic heterocycles. The highest BCUT2D eigenvalue weighted by atomic mass is 14.5. The van der Waals surface area contributed by atoms with Gasteiger partial charge in [0.25, 0.3) is 0 Å². The van der Waals surface area contributed by atoms with Crippen molar-refractivity contribution in [2.45, 2.75) is 129 Å². The van der Waals surface area contributed by atoms with Gasteiger partial charge in [0, 0.05) is 11.1 Å². The summed E-state index contributed by atoms with van der Waals surface area (Å²) < 4.78 is 0. The number of nitrogen functional groups attached to an aromatic ring is 1. The summed E-state index contributed by atoms with van der Waals surface area (Å²) in [7, 11) is 0. The average molecular weight is 424 g/mol. The molecular weight excluding hydrogens is 374 g/mol. The van der Waals surface area contributed by atoms with Crippen LogP contribution in [-0.4, -0.2) is 0 Å². The molecule has 2 N–H and O–H groups in total. The molecule has 0 bridgehead atoms. The quantitative estimate of drug-likeness (QED) is 0.187. The average Bonchev–Trinajstić information content (AvgIpc) is 2.78. The molecular formula is C30H49N. The highest BCUT2D eigenvalue weighted by molar-refractivity contribution is 5.93. The Balaban J connectivity index is 1.42. The molecule has 0 saturated carbocycles. The largest absolute Gasteiger partial charge is 0.398 e. The Morgan fingerprint density at radius 2 is 1.16 bits per heavy atom. The maximum Gasteiger partial charge on any atom is 0.0393 e. The van der Waals surface area contributed by atoms with Gasteiger partial charge in [0.1, 0.15) is 0 Å². The van der Waals surface area contributed by atoms with Crippen molar-refractivity contribution in [3.05, 3.63) is 42.0 Å². The van der Waals surface area contributed by atoms with E-state index in [-0.39, 0.29) is 0 Å². The minimum atomic E-state index is 0.637. The molecule has 2 aromatic carbocycles. The number of unbranched alkanes of at least 4 members (excludes halogenated alkanes) is 15. The molecule has 1 atom stereocenters. The molecule has 2 rings (SSSR count). The summed E-state index contributed by atoms with van der Waals surface area (Å²) in [4.78, 5) is 0. The molecule has 0 heterocycles. The van der Waals surface area contributed by atoms with E-state index in [1.807, 2.05) is 6.07 Å². The highest BCUT2D eigenvalue weighted by Crippen LogP contribution is 2.28. The van der Waals surface area contributed by atoms with E-state index in [9.17, 15) is 0 Å². The van der Waals surface area contributed by atoms with Crippen molar-refractivity contribution in [1.82, 2.24) is 0 Å². The zero-order valence-corrected chi connectivity index (χ0v) is 20.6. The van der Waals surface area contributed by atoms with Crippen LogP contribution in [0.2, 0.25) is 0 Å². The van der Waals surface area contributed by atoms with Gasteiger partial charge in [-0.1, -0.05) is 147 Å². The summed E-state index contributed by atoms with van der Waals surface area (Å²) in [5.74, 6) is 0.637. The van der Waals surface area contributed by atoms with E-state index in [0.717, 1.165) is 5.69 Å². The Bertz CT molecular complexity index is 705. The fraction of sp³-hybridized carbons (Fsp3) is 0.667. The van der Waals surface area contributed by atoms with Crippen LogP contribution in [0, 0.1) is 0 Å². The van der Waals surface area contributed by atoms with E-state index in [0.29, 0.717) is 5.92 Å². The minimum Gasteiger partial charge on any atom is -0.398 e. The van der Waals surface area contributed by atoms with Gasteiger partial charge >= 0.3 is 0 Å². The third-order valence-electron chi connectivity index (χ3n) is 7.00. The van der Waals surface area contributed by atoms with Gasteiger partial charge in [-0.05, 0) is 29.4 Å². The summed E-state index contributed by atoms with van der Waals surface area (Å²) >= 11 is 0. The molecule has 0 saturated heterocycles. The van der Waals surface area contributed by atoms with Gasteiger partial charge in [-0.25, -0.2) is 0 Å². The molecule has 31 heavy (non-hydrogen) atoms.